The maximum atomic E-state index is 10.3. The fourth-order valence-corrected chi connectivity index (χ4v) is 3.04. The Morgan fingerprint density at radius 3 is 2.50 bits per heavy atom. The zero-order chi connectivity index (χ0) is 10.2. The molecule has 1 N–H and O–H groups in total. The number of nitrogens with zero attached hydrogens (tertiary/aromatic N) is 2. The van der Waals surface area contributed by atoms with Crippen LogP contribution in [0, 0.1) is 11.3 Å². The van der Waals surface area contributed by atoms with Crippen molar-refractivity contribution in [1.82, 2.24) is 4.90 Å². The van der Waals surface area contributed by atoms with Gasteiger partial charge in [-0.15, -0.1) is 0 Å². The number of hydrogen-bond acceptors (Lipinski definition) is 3. The van der Waals surface area contributed by atoms with E-state index < -0.39 is 5.60 Å². The molecule has 2 rings (SSSR count). The van der Waals surface area contributed by atoms with Crippen molar-refractivity contribution >= 4 is 0 Å². The average molecular weight is 194 g/mol. The van der Waals surface area contributed by atoms with Crippen molar-refractivity contribution in [2.45, 2.75) is 56.2 Å². The monoisotopic (exact) mass is 194 g/mol. The van der Waals surface area contributed by atoms with E-state index in [1.54, 1.807) is 0 Å². The van der Waals surface area contributed by atoms with Crippen molar-refractivity contribution in [3.8, 4) is 6.07 Å². The van der Waals surface area contributed by atoms with Gasteiger partial charge in [0.05, 0.1) is 11.7 Å². The van der Waals surface area contributed by atoms with Gasteiger partial charge in [0.1, 0.15) is 0 Å². The van der Waals surface area contributed by atoms with Crippen molar-refractivity contribution in [3.05, 3.63) is 0 Å². The molecule has 0 spiro atoms. The quantitative estimate of drug-likeness (QED) is 0.720. The molecule has 78 valence electrons. The molecule has 2 heterocycles. The minimum Gasteiger partial charge on any atom is -0.390 e. The molecular weight excluding hydrogens is 176 g/mol. The fourth-order valence-electron chi connectivity index (χ4n) is 3.04. The molecule has 0 aromatic heterocycles. The van der Waals surface area contributed by atoms with Crippen LogP contribution in [-0.2, 0) is 0 Å². The smallest absolute Gasteiger partial charge is 0.0687 e. The third-order valence-corrected chi connectivity index (χ3v) is 3.92. The second kappa shape index (κ2) is 3.52. The molecule has 3 nitrogen and oxygen atoms in total. The molecule has 14 heavy (non-hydrogen) atoms. The highest BCUT2D eigenvalue weighted by atomic mass is 16.3. The number of rotatable bonds is 2. The molecule has 2 fully saturated rings. The van der Waals surface area contributed by atoms with E-state index in [9.17, 15) is 5.11 Å². The summed E-state index contributed by atoms with van der Waals surface area (Å²) in [6, 6.07) is 3.23. The third kappa shape index (κ3) is 1.65. The molecule has 2 saturated heterocycles. The van der Waals surface area contributed by atoms with E-state index in [0.29, 0.717) is 24.9 Å². The van der Waals surface area contributed by atoms with E-state index >= 15 is 0 Å². The third-order valence-electron chi connectivity index (χ3n) is 3.92. The van der Waals surface area contributed by atoms with Crippen molar-refractivity contribution in [1.29, 1.82) is 5.26 Å². The van der Waals surface area contributed by atoms with Crippen molar-refractivity contribution < 1.29 is 5.11 Å². The number of aliphatic hydroxyl groups is 1. The molecule has 0 aromatic rings. The summed E-state index contributed by atoms with van der Waals surface area (Å²) in [7, 11) is 2.16. The minimum absolute atomic E-state index is 0.486. The summed E-state index contributed by atoms with van der Waals surface area (Å²) in [5.41, 5.74) is -0.548. The molecule has 2 bridgehead atoms. The molecule has 2 aliphatic rings. The maximum Gasteiger partial charge on any atom is 0.0687 e. The lowest BCUT2D eigenvalue weighted by atomic mass is 9.83. The van der Waals surface area contributed by atoms with Gasteiger partial charge in [0.15, 0.2) is 0 Å². The van der Waals surface area contributed by atoms with Crippen molar-refractivity contribution in [2.75, 3.05) is 7.05 Å². The lowest BCUT2D eigenvalue weighted by molar-refractivity contribution is -0.0490. The van der Waals surface area contributed by atoms with Crippen LogP contribution in [0.5, 0.6) is 0 Å². The van der Waals surface area contributed by atoms with Gasteiger partial charge >= 0.3 is 0 Å². The van der Waals surface area contributed by atoms with E-state index in [1.807, 2.05) is 0 Å². The normalized spacial score (nSPS) is 42.4. The van der Waals surface area contributed by atoms with Gasteiger partial charge in [0.2, 0.25) is 0 Å². The van der Waals surface area contributed by atoms with Gasteiger partial charge in [-0.3, -0.25) is 0 Å². The predicted octanol–water partition coefficient (Wildman–Crippen LogP) is 1.28. The van der Waals surface area contributed by atoms with E-state index in [0.717, 1.165) is 12.8 Å². The lowest BCUT2D eigenvalue weighted by Gasteiger charge is -2.41. The summed E-state index contributed by atoms with van der Waals surface area (Å²) in [5.74, 6) is 0. The van der Waals surface area contributed by atoms with Gasteiger partial charge < -0.3 is 10.0 Å². The van der Waals surface area contributed by atoms with E-state index in [1.165, 1.54) is 12.8 Å². The highest BCUT2D eigenvalue weighted by molar-refractivity contribution is 5.01. The Hall–Kier alpha value is -0.590. The lowest BCUT2D eigenvalue weighted by Crippen LogP contribution is -2.49. The highest BCUT2D eigenvalue weighted by Gasteiger charge is 2.45. The van der Waals surface area contributed by atoms with Crippen LogP contribution in [0.4, 0.5) is 0 Å². The Labute approximate surface area is 85.3 Å². The van der Waals surface area contributed by atoms with Gasteiger partial charge in [-0.25, -0.2) is 0 Å². The summed E-state index contributed by atoms with van der Waals surface area (Å²) in [5, 5.41) is 18.9. The highest BCUT2D eigenvalue weighted by Crippen LogP contribution is 2.41. The van der Waals surface area contributed by atoms with Gasteiger partial charge in [0, 0.05) is 18.5 Å². The largest absolute Gasteiger partial charge is 0.390 e. The van der Waals surface area contributed by atoms with Crippen LogP contribution in [0.1, 0.15) is 38.5 Å². The summed E-state index contributed by atoms with van der Waals surface area (Å²) in [6.07, 6.45) is 5.30. The average Bonchev–Trinajstić information content (AvgIpc) is 2.41. The van der Waals surface area contributed by atoms with Gasteiger partial charge in [-0.2, -0.15) is 5.26 Å². The molecule has 3 heteroatoms. The Morgan fingerprint density at radius 2 is 2.00 bits per heavy atom. The summed E-state index contributed by atoms with van der Waals surface area (Å²) >= 11 is 0. The van der Waals surface area contributed by atoms with Crippen LogP contribution >= 0.6 is 0 Å². The summed E-state index contributed by atoms with van der Waals surface area (Å²) < 4.78 is 0. The van der Waals surface area contributed by atoms with Crippen LogP contribution < -0.4 is 0 Å². The van der Waals surface area contributed by atoms with Gasteiger partial charge in [-0.1, -0.05) is 0 Å². The zero-order valence-corrected chi connectivity index (χ0v) is 8.74. The summed E-state index contributed by atoms with van der Waals surface area (Å²) in [6.45, 7) is 0. The topological polar surface area (TPSA) is 47.3 Å². The van der Waals surface area contributed by atoms with E-state index in [-0.39, 0.29) is 0 Å². The minimum atomic E-state index is -0.548. The Kier molecular flexibility index (Phi) is 2.50. The Bertz CT molecular complexity index is 245. The standard InChI is InChI=1S/C11H18N2O/c1-13-9-3-4-10(13)8-11(14,7-9)5-2-6-12/h9-10,14H,2-5,7-8H2,1H3. The van der Waals surface area contributed by atoms with Crippen LogP contribution in [-0.4, -0.2) is 34.7 Å². The second-order valence-corrected chi connectivity index (χ2v) is 4.84. The first-order valence-corrected chi connectivity index (χ1v) is 5.46. The van der Waals surface area contributed by atoms with Crippen molar-refractivity contribution in [3.63, 3.8) is 0 Å². The number of piperidine rings is 1. The first-order valence-electron chi connectivity index (χ1n) is 5.46. The van der Waals surface area contributed by atoms with Crippen LogP contribution in [0.15, 0.2) is 0 Å². The molecule has 2 aliphatic heterocycles. The molecular formula is C11H18N2O. The maximum absolute atomic E-state index is 10.3. The first kappa shape index (κ1) is 9.95. The van der Waals surface area contributed by atoms with E-state index in [4.69, 9.17) is 5.26 Å². The molecule has 2 unspecified atom stereocenters. The first-order chi connectivity index (χ1) is 6.64. The molecule has 2 atom stereocenters. The number of nitriles is 1. The van der Waals surface area contributed by atoms with Crippen molar-refractivity contribution in [2.24, 2.45) is 0 Å². The van der Waals surface area contributed by atoms with E-state index in [2.05, 4.69) is 18.0 Å². The summed E-state index contributed by atoms with van der Waals surface area (Å²) in [4.78, 5) is 2.40. The molecule has 0 saturated carbocycles. The number of fused-ring (bicyclic) bond motifs is 2. The number of hydrogen-bond donors (Lipinski definition) is 1. The van der Waals surface area contributed by atoms with Gasteiger partial charge in [0.25, 0.3) is 0 Å². The predicted molar refractivity (Wildman–Crippen MR) is 53.6 cm³/mol. The molecule has 0 amide bonds. The Balaban J connectivity index is 2.01. The van der Waals surface area contributed by atoms with Crippen LogP contribution in [0.25, 0.3) is 0 Å². The Morgan fingerprint density at radius 1 is 1.43 bits per heavy atom. The second-order valence-electron chi connectivity index (χ2n) is 4.84. The molecule has 0 aromatic carbocycles. The zero-order valence-electron chi connectivity index (χ0n) is 8.74. The van der Waals surface area contributed by atoms with Gasteiger partial charge in [-0.05, 0) is 39.2 Å². The SMILES string of the molecule is CN1C2CCC1CC(O)(CCC#N)C2. The molecule has 0 radical (unpaired) electrons. The van der Waals surface area contributed by atoms with Crippen LogP contribution in [0.3, 0.4) is 0 Å². The van der Waals surface area contributed by atoms with Crippen LogP contribution in [0.2, 0.25) is 0 Å². The fraction of sp³-hybridized carbons (Fsp3) is 0.909. The molecule has 0 aliphatic carbocycles.